The van der Waals surface area contributed by atoms with Crippen LogP contribution in [0.15, 0.2) is 11.5 Å². The van der Waals surface area contributed by atoms with Crippen LogP contribution in [0.3, 0.4) is 0 Å². The smallest absolute Gasteiger partial charge is 0.316 e. The fourth-order valence-electron chi connectivity index (χ4n) is 2.84. The molecule has 0 saturated heterocycles. The predicted molar refractivity (Wildman–Crippen MR) is 78.3 cm³/mol. The van der Waals surface area contributed by atoms with Gasteiger partial charge in [0.25, 0.3) is 0 Å². The zero-order valence-corrected chi connectivity index (χ0v) is 13.2. The van der Waals surface area contributed by atoms with Crippen LogP contribution in [-0.2, 0) is 9.53 Å². The molecular formula is C14H23N3O2S. The van der Waals surface area contributed by atoms with Crippen molar-refractivity contribution in [3.63, 3.8) is 0 Å². The van der Waals surface area contributed by atoms with Crippen molar-refractivity contribution in [3.05, 3.63) is 6.33 Å². The molecular weight excluding hydrogens is 274 g/mol. The van der Waals surface area contributed by atoms with Crippen LogP contribution in [-0.4, -0.2) is 33.0 Å². The zero-order chi connectivity index (χ0) is 14.5. The maximum absolute atomic E-state index is 12.0. The SMILES string of the molecule is CC(C)[C@H]1CC[C@H](C)C[C@H]1OC(=O)CSc1ncn[nH]1. The Morgan fingerprint density at radius 1 is 1.55 bits per heavy atom. The minimum Gasteiger partial charge on any atom is -0.461 e. The molecule has 5 nitrogen and oxygen atoms in total. The molecule has 1 fully saturated rings. The topological polar surface area (TPSA) is 67.9 Å². The van der Waals surface area contributed by atoms with Crippen LogP contribution in [0.1, 0.15) is 40.0 Å². The first-order chi connectivity index (χ1) is 9.56. The second-order valence-corrected chi connectivity index (χ2v) is 6.90. The van der Waals surface area contributed by atoms with Crippen LogP contribution in [0.25, 0.3) is 0 Å². The van der Waals surface area contributed by atoms with Crippen LogP contribution >= 0.6 is 11.8 Å². The molecule has 1 saturated carbocycles. The van der Waals surface area contributed by atoms with E-state index in [1.54, 1.807) is 0 Å². The molecule has 0 aromatic carbocycles. The normalized spacial score (nSPS) is 26.7. The molecule has 1 aromatic heterocycles. The predicted octanol–water partition coefficient (Wildman–Crippen LogP) is 2.90. The molecule has 0 spiro atoms. The standard InChI is InChI=1S/C14H23N3O2S/c1-9(2)11-5-4-10(3)6-12(11)19-13(18)7-20-14-15-8-16-17-14/h8-12H,4-7H2,1-3H3,(H,15,16,17)/t10-,11+,12+/m0/s1. The molecule has 0 amide bonds. The summed E-state index contributed by atoms with van der Waals surface area (Å²) in [5, 5.41) is 7.13. The Kier molecular flexibility index (Phi) is 5.46. The lowest BCUT2D eigenvalue weighted by Gasteiger charge is -2.36. The summed E-state index contributed by atoms with van der Waals surface area (Å²) in [5.74, 6) is 1.82. The molecule has 20 heavy (non-hydrogen) atoms. The first-order valence-corrected chi connectivity index (χ1v) is 8.22. The Labute approximate surface area is 124 Å². The van der Waals surface area contributed by atoms with E-state index in [1.165, 1.54) is 24.5 Å². The summed E-state index contributed by atoms with van der Waals surface area (Å²) < 4.78 is 5.71. The Morgan fingerprint density at radius 3 is 3.00 bits per heavy atom. The molecule has 1 heterocycles. The molecule has 1 aromatic rings. The first-order valence-electron chi connectivity index (χ1n) is 7.24. The van der Waals surface area contributed by atoms with Crippen molar-refractivity contribution >= 4 is 17.7 Å². The summed E-state index contributed by atoms with van der Waals surface area (Å²) in [5.41, 5.74) is 0. The number of rotatable bonds is 5. The second kappa shape index (κ2) is 7.11. The van der Waals surface area contributed by atoms with Crippen molar-refractivity contribution in [2.24, 2.45) is 17.8 Å². The molecule has 1 N–H and O–H groups in total. The van der Waals surface area contributed by atoms with E-state index in [0.29, 0.717) is 22.9 Å². The molecule has 112 valence electrons. The third kappa shape index (κ3) is 4.23. The first kappa shape index (κ1) is 15.4. The molecule has 1 aliphatic carbocycles. The average Bonchev–Trinajstić information content (AvgIpc) is 2.89. The van der Waals surface area contributed by atoms with Crippen molar-refractivity contribution in [1.82, 2.24) is 15.2 Å². The third-order valence-electron chi connectivity index (χ3n) is 3.96. The number of nitrogens with zero attached hydrogens (tertiary/aromatic N) is 2. The summed E-state index contributed by atoms with van der Waals surface area (Å²) in [6, 6.07) is 0. The van der Waals surface area contributed by atoms with Crippen molar-refractivity contribution < 1.29 is 9.53 Å². The lowest BCUT2D eigenvalue weighted by molar-refractivity contribution is -0.152. The molecule has 1 aliphatic rings. The summed E-state index contributed by atoms with van der Waals surface area (Å²) >= 11 is 1.33. The molecule has 0 unspecified atom stereocenters. The maximum atomic E-state index is 12.0. The minimum atomic E-state index is -0.156. The Hall–Kier alpha value is -1.04. The van der Waals surface area contributed by atoms with E-state index in [-0.39, 0.29) is 17.8 Å². The highest BCUT2D eigenvalue weighted by Gasteiger charge is 2.33. The quantitative estimate of drug-likeness (QED) is 0.668. The summed E-state index contributed by atoms with van der Waals surface area (Å²) in [7, 11) is 0. The number of aromatic nitrogens is 3. The average molecular weight is 297 g/mol. The molecule has 3 atom stereocenters. The van der Waals surface area contributed by atoms with Crippen molar-refractivity contribution in [2.75, 3.05) is 5.75 Å². The lowest BCUT2D eigenvalue weighted by atomic mass is 9.75. The molecule has 0 bridgehead atoms. The van der Waals surface area contributed by atoms with E-state index < -0.39 is 0 Å². The number of aromatic amines is 1. The maximum Gasteiger partial charge on any atom is 0.316 e. The zero-order valence-electron chi connectivity index (χ0n) is 12.3. The molecule has 0 radical (unpaired) electrons. The highest BCUT2D eigenvalue weighted by atomic mass is 32.2. The largest absolute Gasteiger partial charge is 0.461 e. The van der Waals surface area contributed by atoms with Gasteiger partial charge in [0, 0.05) is 0 Å². The Morgan fingerprint density at radius 2 is 2.35 bits per heavy atom. The summed E-state index contributed by atoms with van der Waals surface area (Å²) in [6.07, 6.45) is 4.89. The second-order valence-electron chi connectivity index (χ2n) is 5.93. The monoisotopic (exact) mass is 297 g/mol. The van der Waals surface area contributed by atoms with Gasteiger partial charge in [0.2, 0.25) is 0 Å². The summed E-state index contributed by atoms with van der Waals surface area (Å²) in [6.45, 7) is 6.66. The highest BCUT2D eigenvalue weighted by molar-refractivity contribution is 7.99. The number of esters is 1. The van der Waals surface area contributed by atoms with Gasteiger partial charge < -0.3 is 4.74 Å². The molecule has 2 rings (SSSR count). The number of nitrogens with one attached hydrogen (secondary N) is 1. The van der Waals surface area contributed by atoms with Crippen LogP contribution in [0.5, 0.6) is 0 Å². The fourth-order valence-corrected chi connectivity index (χ4v) is 3.41. The number of ether oxygens (including phenoxy) is 1. The van der Waals surface area contributed by atoms with Gasteiger partial charge in [-0.3, -0.25) is 9.89 Å². The number of carbonyl (C=O) groups excluding carboxylic acids is 1. The number of thioether (sulfide) groups is 1. The van der Waals surface area contributed by atoms with Crippen LogP contribution in [0, 0.1) is 17.8 Å². The van der Waals surface area contributed by atoms with E-state index in [1.807, 2.05) is 0 Å². The van der Waals surface area contributed by atoms with E-state index in [0.717, 1.165) is 12.8 Å². The van der Waals surface area contributed by atoms with E-state index >= 15 is 0 Å². The van der Waals surface area contributed by atoms with Gasteiger partial charge in [0.1, 0.15) is 12.4 Å². The van der Waals surface area contributed by atoms with Crippen molar-refractivity contribution in [1.29, 1.82) is 0 Å². The third-order valence-corrected chi connectivity index (χ3v) is 4.81. The van der Waals surface area contributed by atoms with Gasteiger partial charge >= 0.3 is 5.97 Å². The number of hydrogen-bond donors (Lipinski definition) is 1. The van der Waals surface area contributed by atoms with Gasteiger partial charge in [-0.05, 0) is 30.6 Å². The number of H-pyrrole nitrogens is 1. The van der Waals surface area contributed by atoms with Gasteiger partial charge in [-0.25, -0.2) is 4.98 Å². The fraction of sp³-hybridized carbons (Fsp3) is 0.786. The number of carbonyl (C=O) groups is 1. The van der Waals surface area contributed by atoms with Gasteiger partial charge in [-0.1, -0.05) is 39.0 Å². The van der Waals surface area contributed by atoms with E-state index in [9.17, 15) is 4.79 Å². The van der Waals surface area contributed by atoms with Crippen molar-refractivity contribution in [2.45, 2.75) is 51.3 Å². The van der Waals surface area contributed by atoms with E-state index in [2.05, 4.69) is 36.0 Å². The van der Waals surface area contributed by atoms with Crippen LogP contribution < -0.4 is 0 Å². The lowest BCUT2D eigenvalue weighted by Crippen LogP contribution is -2.36. The molecule has 6 heteroatoms. The van der Waals surface area contributed by atoms with Gasteiger partial charge in [0.15, 0.2) is 5.16 Å². The summed E-state index contributed by atoms with van der Waals surface area (Å²) in [4.78, 5) is 16.0. The Bertz CT molecular complexity index is 422. The van der Waals surface area contributed by atoms with E-state index in [4.69, 9.17) is 4.74 Å². The Balaban J connectivity index is 1.84. The van der Waals surface area contributed by atoms with Gasteiger partial charge in [-0.2, -0.15) is 5.10 Å². The van der Waals surface area contributed by atoms with Gasteiger partial charge in [-0.15, -0.1) is 0 Å². The number of hydrogen-bond acceptors (Lipinski definition) is 5. The van der Waals surface area contributed by atoms with Crippen LogP contribution in [0.2, 0.25) is 0 Å². The van der Waals surface area contributed by atoms with Gasteiger partial charge in [0.05, 0.1) is 5.75 Å². The van der Waals surface area contributed by atoms with Crippen molar-refractivity contribution in [3.8, 4) is 0 Å². The molecule has 0 aliphatic heterocycles. The minimum absolute atomic E-state index is 0.0709. The van der Waals surface area contributed by atoms with Crippen LogP contribution in [0.4, 0.5) is 0 Å². The highest BCUT2D eigenvalue weighted by Crippen LogP contribution is 2.35.